The van der Waals surface area contributed by atoms with Crippen molar-refractivity contribution in [2.75, 3.05) is 0 Å². The Morgan fingerprint density at radius 2 is 2.14 bits per heavy atom. The van der Waals surface area contributed by atoms with Gasteiger partial charge in [-0.05, 0) is 39.5 Å². The number of thiophene rings is 1. The molecule has 0 aliphatic heterocycles. The van der Waals surface area contributed by atoms with Gasteiger partial charge < -0.3 is 9.73 Å². The maximum absolute atomic E-state index is 12.0. The van der Waals surface area contributed by atoms with Crippen LogP contribution in [0.2, 0.25) is 0 Å². The number of nitrogens with one attached hydrogen (secondary N) is 1. The molecule has 7 heteroatoms. The van der Waals surface area contributed by atoms with Crippen molar-refractivity contribution in [1.82, 2.24) is 15.3 Å². The van der Waals surface area contributed by atoms with E-state index in [1.807, 2.05) is 16.8 Å². The number of nitrogens with zero attached hydrogens (tertiary/aromatic N) is 2. The fraction of sp³-hybridized carbons (Fsp3) is 0.0714. The molecule has 0 unspecified atom stereocenters. The zero-order valence-electron chi connectivity index (χ0n) is 10.7. The average Bonchev–Trinajstić information content (AvgIpc) is 3.16. The lowest BCUT2D eigenvalue weighted by atomic mass is 10.2. The molecule has 3 aromatic heterocycles. The number of halogens is 1. The van der Waals surface area contributed by atoms with Gasteiger partial charge in [0.2, 0.25) is 0 Å². The van der Waals surface area contributed by atoms with Crippen molar-refractivity contribution in [2.24, 2.45) is 0 Å². The van der Waals surface area contributed by atoms with E-state index in [1.165, 1.54) is 0 Å². The molecule has 0 saturated heterocycles. The molecule has 0 aliphatic carbocycles. The van der Waals surface area contributed by atoms with Crippen LogP contribution in [0.5, 0.6) is 0 Å². The summed E-state index contributed by atoms with van der Waals surface area (Å²) in [6.45, 7) is 0.288. The van der Waals surface area contributed by atoms with Crippen LogP contribution in [0.25, 0.3) is 11.3 Å². The molecule has 0 fully saturated rings. The Bertz CT molecular complexity index is 755. The summed E-state index contributed by atoms with van der Waals surface area (Å²) >= 11 is 4.76. The topological polar surface area (TPSA) is 68.0 Å². The highest BCUT2D eigenvalue weighted by Crippen LogP contribution is 2.22. The third-order valence-corrected chi connectivity index (χ3v) is 3.89. The highest BCUT2D eigenvalue weighted by molar-refractivity contribution is 9.10. The van der Waals surface area contributed by atoms with Crippen molar-refractivity contribution in [3.8, 4) is 11.3 Å². The second kappa shape index (κ2) is 6.19. The summed E-state index contributed by atoms with van der Waals surface area (Å²) < 4.78 is 5.73. The van der Waals surface area contributed by atoms with E-state index in [1.54, 1.807) is 35.9 Å². The smallest absolute Gasteiger partial charge is 0.287 e. The third kappa shape index (κ3) is 3.20. The standard InChI is InChI=1S/C14H10BrN3O2S/c15-12-2-1-11(20-12)14(19)18-7-10-13(17-5-4-16-10)9-3-6-21-8-9/h1-6,8H,7H2,(H,18,19). The molecule has 3 rings (SSSR count). The van der Waals surface area contributed by atoms with E-state index in [2.05, 4.69) is 31.2 Å². The zero-order valence-corrected chi connectivity index (χ0v) is 13.1. The van der Waals surface area contributed by atoms with Crippen molar-refractivity contribution in [3.05, 3.63) is 57.5 Å². The van der Waals surface area contributed by atoms with Crippen LogP contribution in [0.4, 0.5) is 0 Å². The van der Waals surface area contributed by atoms with Crippen molar-refractivity contribution >= 4 is 33.2 Å². The predicted octanol–water partition coefficient (Wildman–Crippen LogP) is 3.49. The van der Waals surface area contributed by atoms with Gasteiger partial charge in [-0.25, -0.2) is 0 Å². The van der Waals surface area contributed by atoms with Crippen LogP contribution >= 0.6 is 27.3 Å². The SMILES string of the molecule is O=C(NCc1nccnc1-c1ccsc1)c1ccc(Br)o1. The molecule has 3 heterocycles. The Morgan fingerprint density at radius 1 is 1.29 bits per heavy atom. The Balaban J connectivity index is 1.75. The predicted molar refractivity (Wildman–Crippen MR) is 82.9 cm³/mol. The number of furan rings is 1. The number of hydrogen-bond donors (Lipinski definition) is 1. The molecule has 106 valence electrons. The minimum atomic E-state index is -0.289. The van der Waals surface area contributed by atoms with Gasteiger partial charge in [-0.15, -0.1) is 0 Å². The van der Waals surface area contributed by atoms with E-state index >= 15 is 0 Å². The monoisotopic (exact) mass is 363 g/mol. The van der Waals surface area contributed by atoms with Gasteiger partial charge in [0.25, 0.3) is 5.91 Å². The van der Waals surface area contributed by atoms with Crippen molar-refractivity contribution in [1.29, 1.82) is 0 Å². The highest BCUT2D eigenvalue weighted by Gasteiger charge is 2.13. The van der Waals surface area contributed by atoms with Gasteiger partial charge in [-0.3, -0.25) is 14.8 Å². The third-order valence-electron chi connectivity index (χ3n) is 2.78. The van der Waals surface area contributed by atoms with Crippen molar-refractivity contribution in [3.63, 3.8) is 0 Å². The lowest BCUT2D eigenvalue weighted by Gasteiger charge is -2.06. The molecule has 0 aliphatic rings. The number of aromatic nitrogens is 2. The van der Waals surface area contributed by atoms with Gasteiger partial charge in [0.05, 0.1) is 17.9 Å². The first-order valence-corrected chi connectivity index (χ1v) is 7.83. The Morgan fingerprint density at radius 3 is 2.86 bits per heavy atom. The first-order chi connectivity index (χ1) is 10.2. The van der Waals surface area contributed by atoms with Gasteiger partial charge in [0.1, 0.15) is 0 Å². The molecule has 5 nitrogen and oxygen atoms in total. The molecular weight excluding hydrogens is 354 g/mol. The first kappa shape index (κ1) is 14.0. The quantitative estimate of drug-likeness (QED) is 0.770. The number of carbonyl (C=O) groups is 1. The number of rotatable bonds is 4. The molecule has 1 amide bonds. The number of carbonyl (C=O) groups excluding carboxylic acids is 1. The second-order valence-electron chi connectivity index (χ2n) is 4.15. The summed E-state index contributed by atoms with van der Waals surface area (Å²) in [5.74, 6) is -0.0366. The van der Waals surface area contributed by atoms with E-state index in [0.29, 0.717) is 4.67 Å². The molecular formula is C14H10BrN3O2S. The number of amides is 1. The van der Waals surface area contributed by atoms with Crippen LogP contribution in [-0.4, -0.2) is 15.9 Å². The van der Waals surface area contributed by atoms with E-state index < -0.39 is 0 Å². The molecule has 0 bridgehead atoms. The fourth-order valence-corrected chi connectivity index (χ4v) is 2.77. The Kier molecular flexibility index (Phi) is 4.12. The fourth-order valence-electron chi connectivity index (χ4n) is 1.82. The molecule has 3 aromatic rings. The maximum atomic E-state index is 12.0. The van der Waals surface area contributed by atoms with Crippen LogP contribution in [0.3, 0.4) is 0 Å². The molecule has 0 saturated carbocycles. The van der Waals surface area contributed by atoms with Crippen LogP contribution in [0.15, 0.2) is 50.4 Å². The maximum Gasteiger partial charge on any atom is 0.287 e. The number of hydrogen-bond acceptors (Lipinski definition) is 5. The van der Waals surface area contributed by atoms with E-state index in [0.717, 1.165) is 17.0 Å². The van der Waals surface area contributed by atoms with Crippen LogP contribution in [0.1, 0.15) is 16.2 Å². The molecule has 0 atom stereocenters. The molecule has 1 N–H and O–H groups in total. The van der Waals surface area contributed by atoms with Gasteiger partial charge >= 0.3 is 0 Å². The lowest BCUT2D eigenvalue weighted by molar-refractivity contribution is 0.0921. The lowest BCUT2D eigenvalue weighted by Crippen LogP contribution is -2.23. The van der Waals surface area contributed by atoms with Gasteiger partial charge in [-0.1, -0.05) is 0 Å². The van der Waals surface area contributed by atoms with Crippen molar-refractivity contribution in [2.45, 2.75) is 6.54 Å². The minimum Gasteiger partial charge on any atom is -0.444 e. The van der Waals surface area contributed by atoms with Gasteiger partial charge in [0, 0.05) is 23.3 Å². The molecule has 0 spiro atoms. The summed E-state index contributed by atoms with van der Waals surface area (Å²) in [5.41, 5.74) is 2.49. The zero-order chi connectivity index (χ0) is 14.7. The van der Waals surface area contributed by atoms with Crippen LogP contribution in [-0.2, 0) is 6.54 Å². The van der Waals surface area contributed by atoms with Crippen LogP contribution in [0, 0.1) is 0 Å². The van der Waals surface area contributed by atoms with Crippen LogP contribution < -0.4 is 5.32 Å². The summed E-state index contributed by atoms with van der Waals surface area (Å²) in [6, 6.07) is 5.26. The normalized spacial score (nSPS) is 10.5. The molecule has 21 heavy (non-hydrogen) atoms. The van der Waals surface area contributed by atoms with E-state index in [9.17, 15) is 4.79 Å². The largest absolute Gasteiger partial charge is 0.444 e. The van der Waals surface area contributed by atoms with E-state index in [-0.39, 0.29) is 18.2 Å². The summed E-state index contributed by atoms with van der Waals surface area (Å²) in [7, 11) is 0. The Labute approximate surface area is 133 Å². The molecule has 0 aromatic carbocycles. The minimum absolute atomic E-state index is 0.253. The second-order valence-corrected chi connectivity index (χ2v) is 5.71. The van der Waals surface area contributed by atoms with Gasteiger partial charge in [-0.2, -0.15) is 11.3 Å². The summed E-state index contributed by atoms with van der Waals surface area (Å²) in [6.07, 6.45) is 3.25. The summed E-state index contributed by atoms with van der Waals surface area (Å²) in [5, 5.41) is 6.76. The summed E-state index contributed by atoms with van der Waals surface area (Å²) in [4.78, 5) is 20.6. The van der Waals surface area contributed by atoms with Gasteiger partial charge in [0.15, 0.2) is 10.4 Å². The first-order valence-electron chi connectivity index (χ1n) is 6.10. The average molecular weight is 364 g/mol. The Hall–Kier alpha value is -1.99. The van der Waals surface area contributed by atoms with E-state index in [4.69, 9.17) is 4.42 Å². The highest BCUT2D eigenvalue weighted by atomic mass is 79.9. The van der Waals surface area contributed by atoms with Crippen molar-refractivity contribution < 1.29 is 9.21 Å². The molecule has 0 radical (unpaired) electrons.